The molecule has 1 amide bonds. The van der Waals surface area contributed by atoms with Crippen molar-refractivity contribution in [3.63, 3.8) is 0 Å². The summed E-state index contributed by atoms with van der Waals surface area (Å²) in [5.74, 6) is -1.84. The van der Waals surface area contributed by atoms with Crippen LogP contribution in [0.3, 0.4) is 0 Å². The molecule has 1 saturated carbocycles. The molecular weight excluding hydrogens is 270 g/mol. The normalized spacial score (nSPS) is 24.8. The first-order valence-corrected chi connectivity index (χ1v) is 7.20. The number of carboxylic acids is 1. The highest BCUT2D eigenvalue weighted by atomic mass is 16.4. The van der Waals surface area contributed by atoms with Crippen LogP contribution in [0.25, 0.3) is 0 Å². The summed E-state index contributed by atoms with van der Waals surface area (Å²) in [4.78, 5) is 23.4. The maximum absolute atomic E-state index is 12.2. The van der Waals surface area contributed by atoms with Gasteiger partial charge in [-0.15, -0.1) is 0 Å². The Kier molecular flexibility index (Phi) is 4.96. The molecule has 1 aromatic carbocycles. The van der Waals surface area contributed by atoms with E-state index in [9.17, 15) is 14.7 Å². The molecular formula is C16H21NO4. The quantitative estimate of drug-likeness (QED) is 0.768. The molecule has 2 rings (SSSR count). The van der Waals surface area contributed by atoms with Crippen LogP contribution >= 0.6 is 0 Å². The average Bonchev–Trinajstić information content (AvgIpc) is 2.87. The van der Waals surface area contributed by atoms with Gasteiger partial charge in [-0.3, -0.25) is 9.59 Å². The number of hydrogen-bond donors (Lipinski definition) is 3. The van der Waals surface area contributed by atoms with Gasteiger partial charge in [-0.2, -0.15) is 0 Å². The summed E-state index contributed by atoms with van der Waals surface area (Å²) in [6, 6.07) is 7.33. The molecule has 0 heterocycles. The zero-order chi connectivity index (χ0) is 15.4. The van der Waals surface area contributed by atoms with E-state index in [0.717, 1.165) is 11.1 Å². The lowest BCUT2D eigenvalue weighted by atomic mass is 9.95. The summed E-state index contributed by atoms with van der Waals surface area (Å²) in [6.45, 7) is 2.29. The van der Waals surface area contributed by atoms with Crippen molar-refractivity contribution in [2.24, 2.45) is 17.8 Å². The van der Waals surface area contributed by atoms with E-state index in [4.69, 9.17) is 5.11 Å². The molecule has 3 N–H and O–H groups in total. The van der Waals surface area contributed by atoms with E-state index in [1.54, 1.807) is 0 Å². The Balaban J connectivity index is 1.96. The summed E-state index contributed by atoms with van der Waals surface area (Å²) in [5, 5.41) is 21.1. The smallest absolute Gasteiger partial charge is 0.307 e. The lowest BCUT2D eigenvalue weighted by Gasteiger charge is -2.15. The van der Waals surface area contributed by atoms with Crippen molar-refractivity contribution in [1.29, 1.82) is 0 Å². The first-order valence-electron chi connectivity index (χ1n) is 7.20. The lowest BCUT2D eigenvalue weighted by molar-refractivity contribution is -0.146. The van der Waals surface area contributed by atoms with Crippen molar-refractivity contribution in [1.82, 2.24) is 5.32 Å². The van der Waals surface area contributed by atoms with Gasteiger partial charge in [-0.05, 0) is 29.9 Å². The molecule has 21 heavy (non-hydrogen) atoms. The van der Waals surface area contributed by atoms with Gasteiger partial charge in [0.25, 0.3) is 0 Å². The molecule has 0 aromatic heterocycles. The third-order valence-corrected chi connectivity index (χ3v) is 4.09. The number of carboxylic acid groups (broad SMARTS) is 1. The SMILES string of the molecule is CC1CC(C(=O)O)C(C(=O)NCc2cccc(CO)c2)C1. The Morgan fingerprint density at radius 3 is 2.57 bits per heavy atom. The molecule has 0 radical (unpaired) electrons. The molecule has 3 unspecified atom stereocenters. The number of rotatable bonds is 5. The van der Waals surface area contributed by atoms with Crippen LogP contribution in [0.1, 0.15) is 30.9 Å². The van der Waals surface area contributed by atoms with Crippen molar-refractivity contribution in [3.8, 4) is 0 Å². The summed E-state index contributed by atoms with van der Waals surface area (Å²) in [6.07, 6.45) is 1.19. The van der Waals surface area contributed by atoms with E-state index in [2.05, 4.69) is 5.32 Å². The fraction of sp³-hybridized carbons (Fsp3) is 0.500. The van der Waals surface area contributed by atoms with E-state index in [1.165, 1.54) is 0 Å². The number of amides is 1. The lowest BCUT2D eigenvalue weighted by Crippen LogP contribution is -2.34. The van der Waals surface area contributed by atoms with Crippen LogP contribution in [0.4, 0.5) is 0 Å². The summed E-state index contributed by atoms with van der Waals surface area (Å²) >= 11 is 0. The molecule has 1 fully saturated rings. The number of carbonyl (C=O) groups is 2. The van der Waals surface area contributed by atoms with Crippen molar-refractivity contribution < 1.29 is 19.8 Å². The van der Waals surface area contributed by atoms with Crippen molar-refractivity contribution in [2.75, 3.05) is 0 Å². The molecule has 114 valence electrons. The monoisotopic (exact) mass is 291 g/mol. The maximum atomic E-state index is 12.2. The second-order valence-corrected chi connectivity index (χ2v) is 5.82. The standard InChI is InChI=1S/C16H21NO4/c1-10-5-13(14(6-10)16(20)21)15(19)17-8-11-3-2-4-12(7-11)9-18/h2-4,7,10,13-14,18H,5-6,8-9H2,1H3,(H,17,19)(H,20,21). The van der Waals surface area contributed by atoms with Gasteiger partial charge in [0.2, 0.25) is 5.91 Å². The van der Waals surface area contributed by atoms with Gasteiger partial charge in [0.1, 0.15) is 0 Å². The van der Waals surface area contributed by atoms with E-state index < -0.39 is 17.8 Å². The van der Waals surface area contributed by atoms with Gasteiger partial charge < -0.3 is 15.5 Å². The molecule has 3 atom stereocenters. The van der Waals surface area contributed by atoms with Gasteiger partial charge in [-0.1, -0.05) is 31.2 Å². The molecule has 5 heteroatoms. The fourth-order valence-electron chi connectivity index (χ4n) is 3.01. The number of benzene rings is 1. The zero-order valence-corrected chi connectivity index (χ0v) is 12.1. The largest absolute Gasteiger partial charge is 0.481 e. The van der Waals surface area contributed by atoms with Crippen LogP contribution in [0.5, 0.6) is 0 Å². The van der Waals surface area contributed by atoms with Crippen LogP contribution in [0, 0.1) is 17.8 Å². The Labute approximate surface area is 124 Å². The number of hydrogen-bond acceptors (Lipinski definition) is 3. The molecule has 1 aliphatic carbocycles. The van der Waals surface area contributed by atoms with E-state index in [-0.39, 0.29) is 18.4 Å². The van der Waals surface area contributed by atoms with Gasteiger partial charge in [0.15, 0.2) is 0 Å². The predicted octanol–water partition coefficient (Wildman–Crippen LogP) is 1.54. The molecule has 0 saturated heterocycles. The minimum Gasteiger partial charge on any atom is -0.481 e. The number of nitrogens with one attached hydrogen (secondary N) is 1. The summed E-state index contributed by atoms with van der Waals surface area (Å²) in [7, 11) is 0. The highest BCUT2D eigenvalue weighted by Crippen LogP contribution is 2.36. The molecule has 5 nitrogen and oxygen atoms in total. The van der Waals surface area contributed by atoms with E-state index >= 15 is 0 Å². The van der Waals surface area contributed by atoms with E-state index in [1.807, 2.05) is 31.2 Å². The summed E-state index contributed by atoms with van der Waals surface area (Å²) in [5.41, 5.74) is 1.69. The maximum Gasteiger partial charge on any atom is 0.307 e. The minimum absolute atomic E-state index is 0.0387. The van der Waals surface area contributed by atoms with Gasteiger partial charge >= 0.3 is 5.97 Å². The van der Waals surface area contributed by atoms with Crippen LogP contribution in [-0.2, 0) is 22.7 Å². The van der Waals surface area contributed by atoms with E-state index in [0.29, 0.717) is 19.4 Å². The van der Waals surface area contributed by atoms with Crippen LogP contribution in [0.2, 0.25) is 0 Å². The summed E-state index contributed by atoms with van der Waals surface area (Å²) < 4.78 is 0. The highest BCUT2D eigenvalue weighted by molar-refractivity contribution is 5.85. The third-order valence-electron chi connectivity index (χ3n) is 4.09. The number of aliphatic hydroxyl groups excluding tert-OH is 1. The Morgan fingerprint density at radius 2 is 1.90 bits per heavy atom. The number of carbonyl (C=O) groups excluding carboxylic acids is 1. The Bertz CT molecular complexity index is 529. The van der Waals surface area contributed by atoms with Crippen LogP contribution in [-0.4, -0.2) is 22.1 Å². The Morgan fingerprint density at radius 1 is 1.24 bits per heavy atom. The molecule has 0 aliphatic heterocycles. The molecule has 0 spiro atoms. The predicted molar refractivity (Wildman–Crippen MR) is 77.2 cm³/mol. The van der Waals surface area contributed by atoms with Gasteiger partial charge in [-0.25, -0.2) is 0 Å². The third kappa shape index (κ3) is 3.82. The number of aliphatic carboxylic acids is 1. The second-order valence-electron chi connectivity index (χ2n) is 5.82. The van der Waals surface area contributed by atoms with Crippen LogP contribution in [0.15, 0.2) is 24.3 Å². The van der Waals surface area contributed by atoms with Crippen molar-refractivity contribution >= 4 is 11.9 Å². The second kappa shape index (κ2) is 6.72. The fourth-order valence-corrected chi connectivity index (χ4v) is 3.01. The minimum atomic E-state index is -0.887. The molecule has 1 aromatic rings. The zero-order valence-electron chi connectivity index (χ0n) is 12.1. The first kappa shape index (κ1) is 15.5. The molecule has 0 bridgehead atoms. The van der Waals surface area contributed by atoms with Gasteiger partial charge in [0, 0.05) is 6.54 Å². The van der Waals surface area contributed by atoms with Crippen LogP contribution < -0.4 is 5.32 Å². The van der Waals surface area contributed by atoms with Crippen molar-refractivity contribution in [2.45, 2.75) is 32.9 Å². The van der Waals surface area contributed by atoms with Crippen molar-refractivity contribution in [3.05, 3.63) is 35.4 Å². The Hall–Kier alpha value is -1.88. The topological polar surface area (TPSA) is 86.6 Å². The van der Waals surface area contributed by atoms with Gasteiger partial charge in [0.05, 0.1) is 18.4 Å². The first-order chi connectivity index (χ1) is 10.0. The average molecular weight is 291 g/mol. The highest BCUT2D eigenvalue weighted by Gasteiger charge is 2.40. The molecule has 1 aliphatic rings. The number of aliphatic hydroxyl groups is 1.